The van der Waals surface area contributed by atoms with E-state index >= 15 is 0 Å². The maximum Gasteiger partial charge on any atom is 0.189 e. The van der Waals surface area contributed by atoms with E-state index < -0.39 is 0 Å². The quantitative estimate of drug-likeness (QED) is 0.711. The number of nitrogens with two attached hydrogens (primary N) is 1. The van der Waals surface area contributed by atoms with Crippen molar-refractivity contribution in [2.24, 2.45) is 0 Å². The smallest absolute Gasteiger partial charge is 0.189 e. The number of aromatic nitrogens is 1. The predicted molar refractivity (Wildman–Crippen MR) is 109 cm³/mol. The molecule has 5 nitrogen and oxygen atoms in total. The molecule has 1 aromatic heterocycles. The van der Waals surface area contributed by atoms with Crippen LogP contribution >= 0.6 is 11.3 Å². The van der Waals surface area contributed by atoms with Crippen molar-refractivity contribution in [3.05, 3.63) is 52.6 Å². The Morgan fingerprint density at radius 2 is 1.76 bits per heavy atom. The molecule has 0 bridgehead atoms. The predicted octanol–water partition coefficient (Wildman–Crippen LogP) is 5.08. The van der Waals surface area contributed by atoms with Crippen LogP contribution in [0.25, 0.3) is 0 Å². The Hall–Kier alpha value is -2.47. The highest BCUT2D eigenvalue weighted by Crippen LogP contribution is 2.27. The van der Waals surface area contributed by atoms with Crippen molar-refractivity contribution in [1.82, 2.24) is 4.98 Å². The summed E-state index contributed by atoms with van der Waals surface area (Å²) in [4.78, 5) is 5.25. The summed E-state index contributed by atoms with van der Waals surface area (Å²) in [7, 11) is 3.62. The molecular formula is C19H26N4OS. The number of aryl methyl sites for hydroxylation is 1. The van der Waals surface area contributed by atoms with Crippen molar-refractivity contribution in [2.75, 3.05) is 30.5 Å². The summed E-state index contributed by atoms with van der Waals surface area (Å²) in [5.74, 6) is 1.69. The van der Waals surface area contributed by atoms with Gasteiger partial charge in [0.1, 0.15) is 5.82 Å². The van der Waals surface area contributed by atoms with E-state index in [1.807, 2.05) is 44.3 Å². The Morgan fingerprint density at radius 1 is 1.08 bits per heavy atom. The number of nitrogens with one attached hydrogen (secondary N) is 2. The van der Waals surface area contributed by atoms with E-state index in [0.29, 0.717) is 5.82 Å². The Morgan fingerprint density at radius 3 is 2.24 bits per heavy atom. The first kappa shape index (κ1) is 18.9. The highest BCUT2D eigenvalue weighted by atomic mass is 32.1. The van der Waals surface area contributed by atoms with E-state index in [9.17, 15) is 0 Å². The van der Waals surface area contributed by atoms with Gasteiger partial charge in [0, 0.05) is 29.7 Å². The van der Waals surface area contributed by atoms with Crippen molar-refractivity contribution < 1.29 is 4.74 Å². The molecule has 0 aliphatic heterocycles. The molecule has 0 atom stereocenters. The first-order chi connectivity index (χ1) is 12.0. The van der Waals surface area contributed by atoms with Gasteiger partial charge in [-0.3, -0.25) is 0 Å². The molecule has 1 heterocycles. The maximum absolute atomic E-state index is 5.69. The van der Waals surface area contributed by atoms with Crippen molar-refractivity contribution in [3.63, 3.8) is 0 Å². The lowest BCUT2D eigenvalue weighted by Crippen LogP contribution is -1.92. The third kappa shape index (κ3) is 5.83. The summed E-state index contributed by atoms with van der Waals surface area (Å²) in [5, 5.41) is 7.11. The number of anilines is 4. The van der Waals surface area contributed by atoms with Crippen LogP contribution in [-0.4, -0.2) is 19.1 Å². The van der Waals surface area contributed by atoms with Crippen molar-refractivity contribution >= 4 is 33.7 Å². The van der Waals surface area contributed by atoms with Crippen LogP contribution in [0.3, 0.4) is 0 Å². The van der Waals surface area contributed by atoms with Crippen molar-refractivity contribution in [3.8, 4) is 0 Å². The molecule has 6 heteroatoms. The van der Waals surface area contributed by atoms with Gasteiger partial charge in [-0.05, 0) is 50.6 Å². The SMILES string of the molecule is CNc1ccc(Nc2nc(N)c(C)s2)cc1.COC1=CC=C(C)CC1. The zero-order chi connectivity index (χ0) is 18.2. The number of rotatable bonds is 4. The second kappa shape index (κ2) is 9.13. The third-order valence-electron chi connectivity index (χ3n) is 3.84. The fourth-order valence-electron chi connectivity index (χ4n) is 2.20. The van der Waals surface area contributed by atoms with Gasteiger partial charge in [-0.25, -0.2) is 4.98 Å². The number of ether oxygens (including phenoxy) is 1. The number of thiazole rings is 1. The van der Waals surface area contributed by atoms with Gasteiger partial charge in [-0.15, -0.1) is 0 Å². The molecule has 0 radical (unpaired) electrons. The molecule has 1 aliphatic rings. The minimum atomic E-state index is 0.597. The Bertz CT molecular complexity index is 728. The van der Waals surface area contributed by atoms with Crippen LogP contribution in [0, 0.1) is 6.92 Å². The molecule has 0 saturated heterocycles. The average Bonchev–Trinajstić information content (AvgIpc) is 2.94. The maximum atomic E-state index is 5.69. The topological polar surface area (TPSA) is 72.2 Å². The van der Waals surface area contributed by atoms with Crippen molar-refractivity contribution in [1.29, 1.82) is 0 Å². The largest absolute Gasteiger partial charge is 0.501 e. The molecule has 0 amide bonds. The molecule has 1 aromatic carbocycles. The third-order valence-corrected chi connectivity index (χ3v) is 4.74. The lowest BCUT2D eigenvalue weighted by Gasteiger charge is -2.09. The Balaban J connectivity index is 0.000000212. The molecule has 134 valence electrons. The summed E-state index contributed by atoms with van der Waals surface area (Å²) in [6.45, 7) is 4.10. The molecule has 2 aromatic rings. The van der Waals surface area contributed by atoms with E-state index in [0.717, 1.165) is 40.0 Å². The van der Waals surface area contributed by atoms with Gasteiger partial charge in [0.15, 0.2) is 5.13 Å². The van der Waals surface area contributed by atoms with Gasteiger partial charge >= 0.3 is 0 Å². The second-order valence-corrected chi connectivity index (χ2v) is 6.97. The van der Waals surface area contributed by atoms with Gasteiger partial charge in [0.05, 0.1) is 12.9 Å². The number of methoxy groups -OCH3 is 1. The molecule has 4 N–H and O–H groups in total. The molecule has 3 rings (SSSR count). The van der Waals surface area contributed by atoms with Crippen LogP contribution < -0.4 is 16.4 Å². The van der Waals surface area contributed by atoms with Gasteiger partial charge in [0.2, 0.25) is 0 Å². The van der Waals surface area contributed by atoms with Crippen molar-refractivity contribution in [2.45, 2.75) is 26.7 Å². The average molecular weight is 359 g/mol. The van der Waals surface area contributed by atoms with E-state index in [2.05, 4.69) is 28.6 Å². The number of nitrogens with zero attached hydrogens (tertiary/aromatic N) is 1. The van der Waals surface area contributed by atoms with E-state index in [1.54, 1.807) is 18.4 Å². The summed E-state index contributed by atoms with van der Waals surface area (Å²) in [6, 6.07) is 8.01. The minimum absolute atomic E-state index is 0.597. The molecule has 25 heavy (non-hydrogen) atoms. The monoisotopic (exact) mass is 358 g/mol. The lowest BCUT2D eigenvalue weighted by molar-refractivity contribution is 0.275. The molecule has 0 spiro atoms. The van der Waals surface area contributed by atoms with Crippen LogP contribution in [0.1, 0.15) is 24.6 Å². The number of nitrogen functional groups attached to an aromatic ring is 1. The fourth-order valence-corrected chi connectivity index (χ4v) is 2.95. The first-order valence-electron chi connectivity index (χ1n) is 8.20. The van der Waals surface area contributed by atoms with Gasteiger partial charge in [-0.1, -0.05) is 23.0 Å². The number of hydrogen-bond donors (Lipinski definition) is 3. The Labute approximate surface area is 153 Å². The van der Waals surface area contributed by atoms with Gasteiger partial charge in [-0.2, -0.15) is 0 Å². The van der Waals surface area contributed by atoms with Crippen LogP contribution in [-0.2, 0) is 4.74 Å². The molecular weight excluding hydrogens is 332 g/mol. The van der Waals surface area contributed by atoms with Crippen LogP contribution in [0.5, 0.6) is 0 Å². The molecule has 0 fully saturated rings. The minimum Gasteiger partial charge on any atom is -0.501 e. The molecule has 1 aliphatic carbocycles. The summed E-state index contributed by atoms with van der Waals surface area (Å²) >= 11 is 1.56. The summed E-state index contributed by atoms with van der Waals surface area (Å²) in [6.07, 6.45) is 6.37. The van der Waals surface area contributed by atoms with Crippen LogP contribution in [0.4, 0.5) is 22.3 Å². The summed E-state index contributed by atoms with van der Waals surface area (Å²) in [5.41, 5.74) is 9.22. The second-order valence-electron chi connectivity index (χ2n) is 5.76. The van der Waals surface area contributed by atoms with E-state index in [1.165, 1.54) is 5.57 Å². The highest BCUT2D eigenvalue weighted by Gasteiger charge is 2.04. The molecule has 0 unspecified atom stereocenters. The van der Waals surface area contributed by atoms with Gasteiger partial charge in [0.25, 0.3) is 0 Å². The molecule has 0 saturated carbocycles. The van der Waals surface area contributed by atoms with Crippen LogP contribution in [0.2, 0.25) is 0 Å². The first-order valence-corrected chi connectivity index (χ1v) is 9.01. The van der Waals surface area contributed by atoms with E-state index in [-0.39, 0.29) is 0 Å². The normalized spacial score (nSPS) is 13.1. The van der Waals surface area contributed by atoms with Gasteiger partial charge < -0.3 is 21.1 Å². The van der Waals surface area contributed by atoms with Crippen LogP contribution in [0.15, 0.2) is 47.7 Å². The zero-order valence-corrected chi connectivity index (χ0v) is 16.0. The number of hydrogen-bond acceptors (Lipinski definition) is 6. The van der Waals surface area contributed by atoms with E-state index in [4.69, 9.17) is 10.5 Å². The Kier molecular flexibility index (Phi) is 6.89. The fraction of sp³-hybridized carbons (Fsp3) is 0.316. The standard InChI is InChI=1S/C11H14N4S.C8H12O/c1-7-10(12)15-11(16-7)14-9-5-3-8(13-2)4-6-9;1-7-3-5-8(9-2)6-4-7/h3-6,13H,12H2,1-2H3,(H,14,15);3,5H,4,6H2,1-2H3. The highest BCUT2D eigenvalue weighted by molar-refractivity contribution is 7.16. The number of allylic oxidation sites excluding steroid dienone is 4. The summed E-state index contributed by atoms with van der Waals surface area (Å²) < 4.78 is 5.06. The lowest BCUT2D eigenvalue weighted by atomic mass is 10.1. The number of benzene rings is 1. The zero-order valence-electron chi connectivity index (χ0n) is 15.2.